The molecule has 2 aromatic carbocycles. The van der Waals surface area contributed by atoms with Crippen LogP contribution in [0.5, 0.6) is 0 Å². The number of para-hydroxylation sites is 2. The predicted octanol–water partition coefficient (Wildman–Crippen LogP) is 6.04. The molecule has 0 radical (unpaired) electrons. The molecule has 3 aromatic heterocycles. The zero-order chi connectivity index (χ0) is 26.9. The van der Waals surface area contributed by atoms with Gasteiger partial charge in [0.05, 0.1) is 17.4 Å². The van der Waals surface area contributed by atoms with E-state index in [0.717, 1.165) is 66.4 Å². The predicted molar refractivity (Wildman–Crippen MR) is 160 cm³/mol. The first-order valence-corrected chi connectivity index (χ1v) is 14.7. The van der Waals surface area contributed by atoms with E-state index in [1.807, 2.05) is 31.6 Å². The van der Waals surface area contributed by atoms with Gasteiger partial charge in [-0.25, -0.2) is 9.97 Å². The number of benzene rings is 2. The highest BCUT2D eigenvalue weighted by molar-refractivity contribution is 5.85. The van der Waals surface area contributed by atoms with E-state index in [1.165, 1.54) is 37.7 Å². The van der Waals surface area contributed by atoms with E-state index in [0.29, 0.717) is 18.0 Å². The lowest BCUT2D eigenvalue weighted by molar-refractivity contribution is 0.211. The Morgan fingerprint density at radius 3 is 2.42 bits per heavy atom. The van der Waals surface area contributed by atoms with Gasteiger partial charge in [0, 0.05) is 38.8 Å². The lowest BCUT2D eigenvalue weighted by Gasteiger charge is -2.32. The van der Waals surface area contributed by atoms with Crippen LogP contribution in [0.4, 0.5) is 17.7 Å². The molecule has 9 heteroatoms. The number of rotatable bonds is 7. The van der Waals surface area contributed by atoms with Crippen molar-refractivity contribution in [1.29, 1.82) is 0 Å². The van der Waals surface area contributed by atoms with Crippen molar-refractivity contribution >= 4 is 39.9 Å². The molecule has 0 atom stereocenters. The van der Waals surface area contributed by atoms with Gasteiger partial charge in [-0.15, -0.1) is 0 Å². The number of hydrogen-bond acceptors (Lipinski definition) is 7. The van der Waals surface area contributed by atoms with Crippen LogP contribution in [0, 0.1) is 0 Å². The maximum Gasteiger partial charge on any atom is 0.233 e. The fourth-order valence-corrected chi connectivity index (χ4v) is 6.33. The van der Waals surface area contributed by atoms with E-state index >= 15 is 0 Å². The summed E-state index contributed by atoms with van der Waals surface area (Å²) in [6.07, 6.45) is 10.3. The Labute approximate surface area is 234 Å². The van der Waals surface area contributed by atoms with Crippen LogP contribution in [0.3, 0.4) is 0 Å². The van der Waals surface area contributed by atoms with Crippen LogP contribution >= 0.6 is 0 Å². The molecule has 2 aliphatic rings. The average molecular weight is 536 g/mol. The van der Waals surface area contributed by atoms with E-state index in [9.17, 15) is 0 Å². The molecule has 5 aromatic rings. The van der Waals surface area contributed by atoms with E-state index in [-0.39, 0.29) is 0 Å². The first-order chi connectivity index (χ1) is 19.7. The van der Waals surface area contributed by atoms with Crippen molar-refractivity contribution in [2.75, 3.05) is 23.7 Å². The molecule has 7 rings (SSSR count). The Kier molecular flexibility index (Phi) is 6.81. The normalized spacial score (nSPS) is 17.5. The third-order valence-corrected chi connectivity index (χ3v) is 8.58. The Morgan fingerprint density at radius 1 is 0.850 bits per heavy atom. The molecule has 40 heavy (non-hydrogen) atoms. The molecule has 4 heterocycles. The van der Waals surface area contributed by atoms with E-state index in [1.54, 1.807) is 0 Å². The van der Waals surface area contributed by atoms with Gasteiger partial charge in [-0.2, -0.15) is 9.97 Å². The smallest absolute Gasteiger partial charge is 0.233 e. The maximum absolute atomic E-state index is 5.01. The van der Waals surface area contributed by atoms with Gasteiger partial charge >= 0.3 is 0 Å². The topological polar surface area (TPSA) is 88.7 Å². The number of fused-ring (bicyclic) bond motifs is 2. The van der Waals surface area contributed by atoms with Crippen molar-refractivity contribution in [3.8, 4) is 0 Å². The lowest BCUT2D eigenvalue weighted by Crippen LogP contribution is -2.38. The van der Waals surface area contributed by atoms with Gasteiger partial charge in [0.1, 0.15) is 0 Å². The minimum absolute atomic E-state index is 0.341. The van der Waals surface area contributed by atoms with Crippen molar-refractivity contribution in [2.24, 2.45) is 7.05 Å². The van der Waals surface area contributed by atoms with Crippen LogP contribution in [-0.2, 0) is 13.6 Å². The van der Waals surface area contributed by atoms with Crippen LogP contribution < -0.4 is 10.6 Å². The van der Waals surface area contributed by atoms with Crippen LogP contribution in [0.25, 0.3) is 22.2 Å². The Hall–Kier alpha value is -3.98. The first-order valence-electron chi connectivity index (χ1n) is 14.7. The summed E-state index contributed by atoms with van der Waals surface area (Å²) < 4.78 is 4.33. The summed E-state index contributed by atoms with van der Waals surface area (Å²) in [5, 5.41) is 7.20. The summed E-state index contributed by atoms with van der Waals surface area (Å²) in [4.78, 5) is 22.2. The fourth-order valence-electron chi connectivity index (χ4n) is 6.33. The van der Waals surface area contributed by atoms with Gasteiger partial charge in [0.15, 0.2) is 17.0 Å². The van der Waals surface area contributed by atoms with Gasteiger partial charge in [-0.3, -0.25) is 10.2 Å². The molecule has 1 aliphatic heterocycles. The molecule has 1 saturated carbocycles. The number of imidazole rings is 2. The molecule has 0 unspecified atom stereocenters. The highest BCUT2D eigenvalue weighted by Gasteiger charge is 2.24. The number of anilines is 3. The minimum Gasteiger partial charge on any atom is -0.365 e. The average Bonchev–Trinajstić information content (AvgIpc) is 3.56. The fraction of sp³-hybridized carbons (Fsp3) is 0.419. The highest BCUT2D eigenvalue weighted by atomic mass is 15.3. The molecule has 0 amide bonds. The zero-order valence-electron chi connectivity index (χ0n) is 23.1. The number of nitrogens with one attached hydrogen (secondary N) is 2. The van der Waals surface area contributed by atoms with Crippen molar-refractivity contribution in [1.82, 2.24) is 34.0 Å². The number of piperidine rings is 1. The molecule has 9 nitrogen and oxygen atoms in total. The quantitative estimate of drug-likeness (QED) is 0.263. The summed E-state index contributed by atoms with van der Waals surface area (Å²) >= 11 is 0. The van der Waals surface area contributed by atoms with Crippen LogP contribution in [-0.4, -0.2) is 53.1 Å². The molecule has 1 saturated heterocycles. The first kappa shape index (κ1) is 25.0. The second-order valence-electron chi connectivity index (χ2n) is 11.3. The van der Waals surface area contributed by atoms with Crippen LogP contribution in [0.15, 0.2) is 60.9 Å². The Bertz CT molecular complexity index is 1590. The van der Waals surface area contributed by atoms with Gasteiger partial charge < -0.3 is 14.5 Å². The van der Waals surface area contributed by atoms with Crippen molar-refractivity contribution < 1.29 is 0 Å². The SMILES string of the molecule is Cn1c(Nc2nc(NC3CCN(Cc4ccccc4)CC3)c3ncn(C4CCCCC4)c3n2)nc2ccccc21. The molecule has 2 N–H and O–H groups in total. The number of aromatic nitrogens is 6. The summed E-state index contributed by atoms with van der Waals surface area (Å²) in [7, 11) is 2.02. The molecule has 0 spiro atoms. The third kappa shape index (κ3) is 5.01. The largest absolute Gasteiger partial charge is 0.365 e. The van der Waals surface area contributed by atoms with Crippen LogP contribution in [0.2, 0.25) is 0 Å². The maximum atomic E-state index is 5.01. The van der Waals surface area contributed by atoms with Crippen molar-refractivity contribution in [3.05, 3.63) is 66.5 Å². The van der Waals surface area contributed by atoms with Gasteiger partial charge in [0.25, 0.3) is 0 Å². The second kappa shape index (κ2) is 10.9. The van der Waals surface area contributed by atoms with E-state index in [4.69, 9.17) is 19.9 Å². The standard InChI is InChI=1S/C31H37N9/c1-38-26-15-9-8-14-25(26)34-31(38)37-30-35-28(27-29(36-30)40(21-32-27)24-12-6-3-7-13-24)33-23-16-18-39(19-17-23)20-22-10-4-2-5-11-22/h2,4-5,8-11,14-15,21,23-24H,3,6-7,12-13,16-20H2,1H3,(H2,33,34,35,36,37). The van der Waals surface area contributed by atoms with Crippen LogP contribution in [0.1, 0.15) is 56.6 Å². The summed E-state index contributed by atoms with van der Waals surface area (Å²) in [6.45, 7) is 3.12. The molecular formula is C31H37N9. The third-order valence-electron chi connectivity index (χ3n) is 8.58. The second-order valence-corrected chi connectivity index (χ2v) is 11.3. The van der Waals surface area contributed by atoms with Gasteiger partial charge in [-0.1, -0.05) is 61.7 Å². The van der Waals surface area contributed by atoms with E-state index < -0.39 is 0 Å². The highest BCUT2D eigenvalue weighted by Crippen LogP contribution is 2.33. The van der Waals surface area contributed by atoms with Crippen molar-refractivity contribution in [2.45, 2.75) is 63.6 Å². The zero-order valence-corrected chi connectivity index (χ0v) is 23.1. The minimum atomic E-state index is 0.341. The molecule has 206 valence electrons. The molecule has 2 fully saturated rings. The molecular weight excluding hydrogens is 498 g/mol. The number of nitrogens with zero attached hydrogens (tertiary/aromatic N) is 7. The summed E-state index contributed by atoms with van der Waals surface area (Å²) in [5.74, 6) is 2.08. The molecule has 0 bridgehead atoms. The lowest BCUT2D eigenvalue weighted by atomic mass is 9.95. The van der Waals surface area contributed by atoms with Crippen molar-refractivity contribution in [3.63, 3.8) is 0 Å². The Morgan fingerprint density at radius 2 is 1.62 bits per heavy atom. The molecule has 1 aliphatic carbocycles. The summed E-state index contributed by atoms with van der Waals surface area (Å²) in [6, 6.07) is 19.7. The van der Waals surface area contributed by atoms with E-state index in [2.05, 4.69) is 61.1 Å². The Balaban J connectivity index is 1.16. The monoisotopic (exact) mass is 535 g/mol. The van der Waals surface area contributed by atoms with Gasteiger partial charge in [0.2, 0.25) is 11.9 Å². The number of aryl methyl sites for hydroxylation is 1. The number of likely N-dealkylation sites (tertiary alicyclic amines) is 1. The summed E-state index contributed by atoms with van der Waals surface area (Å²) in [5.41, 5.74) is 5.14. The van der Waals surface area contributed by atoms with Gasteiger partial charge in [-0.05, 0) is 43.4 Å². The number of hydrogen-bond donors (Lipinski definition) is 2.